The van der Waals surface area contributed by atoms with Crippen molar-refractivity contribution in [3.63, 3.8) is 0 Å². The van der Waals surface area contributed by atoms with Crippen LogP contribution in [-0.2, 0) is 0 Å². The molecule has 1 aliphatic heterocycles. The molecule has 0 saturated carbocycles. The lowest BCUT2D eigenvalue weighted by molar-refractivity contribution is 0.170. The number of hydrogen-bond donors (Lipinski definition) is 1. The zero-order valence-corrected chi connectivity index (χ0v) is 7.16. The number of fused-ring (bicyclic) bond motifs is 1. The molecule has 4 heteroatoms. The van der Waals surface area contributed by atoms with Gasteiger partial charge in [-0.25, -0.2) is 0 Å². The predicted octanol–water partition coefficient (Wildman–Crippen LogP) is 0.753. The van der Waals surface area contributed by atoms with Gasteiger partial charge < -0.3 is 19.9 Å². The minimum atomic E-state index is 0.262. The molecule has 0 atom stereocenters. The first-order valence-electron chi connectivity index (χ1n) is 4.13. The van der Waals surface area contributed by atoms with Gasteiger partial charge in [0.15, 0.2) is 11.5 Å². The normalized spacial score (nSPS) is 13.0. The first-order valence-corrected chi connectivity index (χ1v) is 4.13. The highest BCUT2D eigenvalue weighted by Gasteiger charge is 2.17. The van der Waals surface area contributed by atoms with Crippen LogP contribution in [0.3, 0.4) is 0 Å². The standard InChI is InChI=1S/C9H11NO3/c10-4-5-11-7-2-1-3-8-9(7)13-6-12-8/h1-3H,4-6,10H2. The minimum Gasteiger partial charge on any atom is -0.488 e. The molecule has 0 fully saturated rings. The van der Waals surface area contributed by atoms with Crippen molar-refractivity contribution in [1.82, 2.24) is 0 Å². The van der Waals surface area contributed by atoms with Gasteiger partial charge >= 0.3 is 0 Å². The summed E-state index contributed by atoms with van der Waals surface area (Å²) in [5, 5.41) is 0. The van der Waals surface area contributed by atoms with Crippen molar-refractivity contribution in [3.05, 3.63) is 18.2 Å². The number of benzene rings is 1. The summed E-state index contributed by atoms with van der Waals surface area (Å²) < 4.78 is 15.8. The van der Waals surface area contributed by atoms with Crippen LogP contribution < -0.4 is 19.9 Å². The van der Waals surface area contributed by atoms with Gasteiger partial charge in [0.1, 0.15) is 6.61 Å². The summed E-state index contributed by atoms with van der Waals surface area (Å²) in [5.74, 6) is 2.10. The van der Waals surface area contributed by atoms with Crippen LogP contribution in [0.2, 0.25) is 0 Å². The Balaban J connectivity index is 2.20. The van der Waals surface area contributed by atoms with Crippen molar-refractivity contribution < 1.29 is 14.2 Å². The zero-order valence-electron chi connectivity index (χ0n) is 7.16. The Kier molecular flexibility index (Phi) is 2.23. The molecule has 0 amide bonds. The van der Waals surface area contributed by atoms with Gasteiger partial charge in [-0.2, -0.15) is 0 Å². The Hall–Kier alpha value is -1.42. The van der Waals surface area contributed by atoms with E-state index in [9.17, 15) is 0 Å². The number of para-hydroxylation sites is 1. The van der Waals surface area contributed by atoms with Gasteiger partial charge in [-0.3, -0.25) is 0 Å². The molecule has 1 aliphatic rings. The first-order chi connectivity index (χ1) is 6.42. The van der Waals surface area contributed by atoms with Crippen LogP contribution in [0.1, 0.15) is 0 Å². The Morgan fingerprint density at radius 3 is 3.15 bits per heavy atom. The summed E-state index contributed by atoms with van der Waals surface area (Å²) in [6, 6.07) is 5.54. The molecule has 2 rings (SSSR count). The molecular formula is C9H11NO3. The summed E-state index contributed by atoms with van der Waals surface area (Å²) in [6.45, 7) is 1.24. The van der Waals surface area contributed by atoms with E-state index < -0.39 is 0 Å². The summed E-state index contributed by atoms with van der Waals surface area (Å²) >= 11 is 0. The van der Waals surface area contributed by atoms with Crippen molar-refractivity contribution in [2.24, 2.45) is 5.73 Å². The van der Waals surface area contributed by atoms with Crippen molar-refractivity contribution in [3.8, 4) is 17.2 Å². The highest BCUT2D eigenvalue weighted by molar-refractivity contribution is 5.52. The van der Waals surface area contributed by atoms with Crippen molar-refractivity contribution >= 4 is 0 Å². The lowest BCUT2D eigenvalue weighted by Crippen LogP contribution is -2.10. The van der Waals surface area contributed by atoms with Crippen molar-refractivity contribution in [2.75, 3.05) is 19.9 Å². The monoisotopic (exact) mass is 181 g/mol. The van der Waals surface area contributed by atoms with E-state index in [0.29, 0.717) is 24.7 Å². The number of rotatable bonds is 3. The molecule has 0 radical (unpaired) electrons. The third kappa shape index (κ3) is 1.53. The van der Waals surface area contributed by atoms with E-state index in [1.807, 2.05) is 18.2 Å². The fourth-order valence-corrected chi connectivity index (χ4v) is 1.19. The molecule has 0 bridgehead atoms. The van der Waals surface area contributed by atoms with E-state index >= 15 is 0 Å². The van der Waals surface area contributed by atoms with Crippen molar-refractivity contribution in [1.29, 1.82) is 0 Å². The number of nitrogens with two attached hydrogens (primary N) is 1. The molecule has 0 aliphatic carbocycles. The second-order valence-corrected chi connectivity index (χ2v) is 2.63. The minimum absolute atomic E-state index is 0.262. The number of hydrogen-bond acceptors (Lipinski definition) is 4. The average Bonchev–Trinajstić information content (AvgIpc) is 2.62. The molecule has 2 N–H and O–H groups in total. The van der Waals surface area contributed by atoms with Gasteiger partial charge in [-0.1, -0.05) is 6.07 Å². The van der Waals surface area contributed by atoms with Gasteiger partial charge in [-0.05, 0) is 12.1 Å². The Labute approximate surface area is 76.2 Å². The van der Waals surface area contributed by atoms with Crippen LogP contribution in [0, 0.1) is 0 Å². The Morgan fingerprint density at radius 1 is 1.38 bits per heavy atom. The fourth-order valence-electron chi connectivity index (χ4n) is 1.19. The van der Waals surface area contributed by atoms with Crippen LogP contribution in [0.25, 0.3) is 0 Å². The summed E-state index contributed by atoms with van der Waals surface area (Å²) in [5.41, 5.74) is 5.32. The highest BCUT2D eigenvalue weighted by Crippen LogP contribution is 2.40. The highest BCUT2D eigenvalue weighted by atomic mass is 16.7. The molecule has 0 saturated heterocycles. The van der Waals surface area contributed by atoms with Crippen molar-refractivity contribution in [2.45, 2.75) is 0 Å². The third-order valence-electron chi connectivity index (χ3n) is 1.74. The van der Waals surface area contributed by atoms with Crippen LogP contribution in [0.4, 0.5) is 0 Å². The topological polar surface area (TPSA) is 53.7 Å². The molecule has 1 aromatic rings. The van der Waals surface area contributed by atoms with Gasteiger partial charge in [0, 0.05) is 6.54 Å². The quantitative estimate of drug-likeness (QED) is 0.747. The maximum atomic E-state index is 5.37. The van der Waals surface area contributed by atoms with Gasteiger partial charge in [0.25, 0.3) is 0 Å². The Bertz CT molecular complexity index is 301. The fraction of sp³-hybridized carbons (Fsp3) is 0.333. The molecule has 0 aromatic heterocycles. The SMILES string of the molecule is NCCOc1cccc2c1OCO2. The molecule has 0 spiro atoms. The van der Waals surface area contributed by atoms with Crippen LogP contribution in [0.5, 0.6) is 17.2 Å². The Morgan fingerprint density at radius 2 is 2.31 bits per heavy atom. The molecule has 4 nitrogen and oxygen atoms in total. The van der Waals surface area contributed by atoms with Crippen LogP contribution in [-0.4, -0.2) is 19.9 Å². The lowest BCUT2D eigenvalue weighted by atomic mass is 10.3. The molecule has 70 valence electrons. The van der Waals surface area contributed by atoms with Crippen LogP contribution >= 0.6 is 0 Å². The van der Waals surface area contributed by atoms with E-state index in [1.165, 1.54) is 0 Å². The maximum absolute atomic E-state index is 5.37. The number of ether oxygens (including phenoxy) is 3. The predicted molar refractivity (Wildman–Crippen MR) is 47.1 cm³/mol. The maximum Gasteiger partial charge on any atom is 0.231 e. The molecular weight excluding hydrogens is 170 g/mol. The third-order valence-corrected chi connectivity index (χ3v) is 1.74. The largest absolute Gasteiger partial charge is 0.488 e. The molecule has 1 heterocycles. The second-order valence-electron chi connectivity index (χ2n) is 2.63. The average molecular weight is 181 g/mol. The van der Waals surface area contributed by atoms with Crippen LogP contribution in [0.15, 0.2) is 18.2 Å². The van der Waals surface area contributed by atoms with E-state index in [4.69, 9.17) is 19.9 Å². The molecule has 0 unspecified atom stereocenters. The molecule has 1 aromatic carbocycles. The van der Waals surface area contributed by atoms with E-state index in [1.54, 1.807) is 0 Å². The van der Waals surface area contributed by atoms with Gasteiger partial charge in [0.2, 0.25) is 12.5 Å². The zero-order chi connectivity index (χ0) is 9.10. The molecule has 13 heavy (non-hydrogen) atoms. The first kappa shape index (κ1) is 8.19. The van der Waals surface area contributed by atoms with Gasteiger partial charge in [0.05, 0.1) is 0 Å². The van der Waals surface area contributed by atoms with Gasteiger partial charge in [-0.15, -0.1) is 0 Å². The summed E-state index contributed by atoms with van der Waals surface area (Å²) in [4.78, 5) is 0. The smallest absolute Gasteiger partial charge is 0.231 e. The summed E-state index contributed by atoms with van der Waals surface area (Å²) in [6.07, 6.45) is 0. The van der Waals surface area contributed by atoms with E-state index in [2.05, 4.69) is 0 Å². The summed E-state index contributed by atoms with van der Waals surface area (Å²) in [7, 11) is 0. The second kappa shape index (κ2) is 3.53. The van der Waals surface area contributed by atoms with E-state index in [0.717, 1.165) is 5.75 Å². The van der Waals surface area contributed by atoms with E-state index in [-0.39, 0.29) is 6.79 Å². The lowest BCUT2D eigenvalue weighted by Gasteiger charge is -2.06.